The molecule has 182 valence electrons. The predicted octanol–water partition coefficient (Wildman–Crippen LogP) is 4.34. The molecule has 0 radical (unpaired) electrons. The number of cyclic esters (lactones) is 1. The second kappa shape index (κ2) is 7.17. The van der Waals surface area contributed by atoms with Gasteiger partial charge < -0.3 is 18.6 Å². The zero-order chi connectivity index (χ0) is 24.7. The summed E-state index contributed by atoms with van der Waals surface area (Å²) in [5.74, 6) is -1.15. The highest BCUT2D eigenvalue weighted by Crippen LogP contribution is 2.72. The van der Waals surface area contributed by atoms with Crippen LogP contribution < -0.4 is 0 Å². The van der Waals surface area contributed by atoms with Crippen LogP contribution in [-0.4, -0.2) is 36.5 Å². The number of rotatable bonds is 4. The maximum atomic E-state index is 12.9. The average Bonchev–Trinajstić information content (AvgIpc) is 3.35. The summed E-state index contributed by atoms with van der Waals surface area (Å²) in [5.41, 5.74) is -1.04. The van der Waals surface area contributed by atoms with Crippen molar-refractivity contribution in [1.82, 2.24) is 0 Å². The second-order valence-corrected chi connectivity index (χ2v) is 11.3. The molecule has 1 aromatic rings. The van der Waals surface area contributed by atoms with E-state index in [1.807, 2.05) is 26.0 Å². The number of allylic oxidation sites excluding steroid dienone is 2. The van der Waals surface area contributed by atoms with E-state index in [0.29, 0.717) is 0 Å². The Kier molecular flexibility index (Phi) is 4.87. The maximum absolute atomic E-state index is 12.9. The van der Waals surface area contributed by atoms with E-state index in [9.17, 15) is 14.4 Å². The molecule has 7 nitrogen and oxygen atoms in total. The van der Waals surface area contributed by atoms with Gasteiger partial charge >= 0.3 is 11.9 Å². The van der Waals surface area contributed by atoms with E-state index in [2.05, 4.69) is 20.4 Å². The van der Waals surface area contributed by atoms with Gasteiger partial charge in [0, 0.05) is 16.4 Å². The number of epoxide rings is 1. The molecule has 2 saturated heterocycles. The molecule has 1 saturated carbocycles. The summed E-state index contributed by atoms with van der Waals surface area (Å²) in [7, 11) is 1.36. The van der Waals surface area contributed by atoms with Gasteiger partial charge in [-0.2, -0.15) is 0 Å². The van der Waals surface area contributed by atoms with Crippen LogP contribution in [0.2, 0.25) is 0 Å². The highest BCUT2D eigenvalue weighted by atomic mass is 16.7. The Balaban J connectivity index is 1.57. The molecular formula is C27H32O7. The first-order valence-corrected chi connectivity index (χ1v) is 11.8. The Hall–Kier alpha value is -2.67. The maximum Gasteiger partial charge on any atom is 0.339 e. The first kappa shape index (κ1) is 23.1. The molecule has 0 N–H and O–H groups in total. The summed E-state index contributed by atoms with van der Waals surface area (Å²) in [6.45, 7) is 12.5. The van der Waals surface area contributed by atoms with Crippen molar-refractivity contribution in [2.75, 3.05) is 7.11 Å². The number of hydrogen-bond acceptors (Lipinski definition) is 7. The SMILES string of the molecule is C=C1[C@H]([C@@]2(C)C=CC(=O)C(C)(C)[C@H]2CC(=O)OC)CC[C@]2(C)[C@H](c3ccoc3)OC(=O)[C@H]3O[C@]132. The van der Waals surface area contributed by atoms with E-state index in [4.69, 9.17) is 18.6 Å². The fraction of sp³-hybridized carbons (Fsp3) is 0.593. The van der Waals surface area contributed by atoms with Crippen molar-refractivity contribution in [2.24, 2.45) is 28.1 Å². The van der Waals surface area contributed by atoms with Crippen molar-refractivity contribution < 1.29 is 33.0 Å². The minimum atomic E-state index is -0.856. The molecule has 1 spiro atoms. The third-order valence-electron chi connectivity index (χ3n) is 9.39. The summed E-state index contributed by atoms with van der Waals surface area (Å²) in [4.78, 5) is 38.2. The van der Waals surface area contributed by atoms with Crippen LogP contribution in [0.1, 0.15) is 58.6 Å². The second-order valence-electron chi connectivity index (χ2n) is 11.3. The number of hydrogen-bond donors (Lipinski definition) is 0. The highest BCUT2D eigenvalue weighted by molar-refractivity contribution is 5.96. The van der Waals surface area contributed by atoms with Crippen LogP contribution >= 0.6 is 0 Å². The van der Waals surface area contributed by atoms with Crippen molar-refractivity contribution in [3.05, 3.63) is 48.5 Å². The van der Waals surface area contributed by atoms with Crippen molar-refractivity contribution in [3.8, 4) is 0 Å². The van der Waals surface area contributed by atoms with E-state index in [1.54, 1.807) is 18.6 Å². The van der Waals surface area contributed by atoms with Gasteiger partial charge in [-0.05, 0) is 47.8 Å². The van der Waals surface area contributed by atoms with Crippen LogP contribution in [0.15, 0.2) is 47.3 Å². The quantitative estimate of drug-likeness (QED) is 0.368. The fourth-order valence-electron chi connectivity index (χ4n) is 7.27. The molecule has 2 aliphatic carbocycles. The molecule has 34 heavy (non-hydrogen) atoms. The van der Waals surface area contributed by atoms with E-state index in [-0.39, 0.29) is 30.0 Å². The molecule has 0 bridgehead atoms. The molecule has 2 aliphatic heterocycles. The predicted molar refractivity (Wildman–Crippen MR) is 121 cm³/mol. The summed E-state index contributed by atoms with van der Waals surface area (Å²) in [5, 5.41) is 0. The third-order valence-corrected chi connectivity index (χ3v) is 9.39. The molecule has 0 unspecified atom stereocenters. The molecular weight excluding hydrogens is 436 g/mol. The molecule has 3 fully saturated rings. The van der Waals surface area contributed by atoms with E-state index in [0.717, 1.165) is 24.0 Å². The molecule has 5 rings (SSSR count). The topological polar surface area (TPSA) is 95.3 Å². The first-order valence-electron chi connectivity index (χ1n) is 11.8. The lowest BCUT2D eigenvalue weighted by Crippen LogP contribution is -2.58. The van der Waals surface area contributed by atoms with Gasteiger partial charge in [-0.15, -0.1) is 0 Å². The number of ketones is 1. The normalized spacial score (nSPS) is 42.4. The van der Waals surface area contributed by atoms with E-state index >= 15 is 0 Å². The minimum absolute atomic E-state index is 0.00915. The van der Waals surface area contributed by atoms with E-state index < -0.39 is 40.0 Å². The average molecular weight is 469 g/mol. The standard InChI is InChI=1S/C27H32O7/c1-15-17(25(4)10-8-19(28)24(2,3)18(25)13-20(29)31-6)7-11-26(5)21(16-9-12-32-14-16)33-23(30)22-27(15,26)34-22/h8-10,12,14,17-18,21-22H,1,7,11,13H2,2-6H3/t17-,18-,21+,22-,25-,26-,27-/m1/s1. The van der Waals surface area contributed by atoms with E-state index in [1.165, 1.54) is 7.11 Å². The van der Waals surface area contributed by atoms with Crippen molar-refractivity contribution in [3.63, 3.8) is 0 Å². The van der Waals surface area contributed by atoms with Crippen LogP contribution in [0.25, 0.3) is 0 Å². The molecule has 4 aliphatic rings. The van der Waals surface area contributed by atoms with Gasteiger partial charge in [0.15, 0.2) is 11.9 Å². The summed E-state index contributed by atoms with van der Waals surface area (Å²) < 4.78 is 22.4. The Morgan fingerprint density at radius 1 is 1.21 bits per heavy atom. The van der Waals surface area contributed by atoms with Crippen LogP contribution in [0.4, 0.5) is 0 Å². The van der Waals surface area contributed by atoms with Gasteiger partial charge in [0.25, 0.3) is 0 Å². The van der Waals surface area contributed by atoms with Crippen LogP contribution in [0.5, 0.6) is 0 Å². The summed E-state index contributed by atoms with van der Waals surface area (Å²) in [6.07, 6.45) is 7.16. The molecule has 0 aromatic carbocycles. The molecule has 7 heteroatoms. The highest BCUT2D eigenvalue weighted by Gasteiger charge is 2.80. The zero-order valence-corrected chi connectivity index (χ0v) is 20.4. The van der Waals surface area contributed by atoms with Crippen molar-refractivity contribution in [1.29, 1.82) is 0 Å². The van der Waals surface area contributed by atoms with Gasteiger partial charge in [0.1, 0.15) is 11.7 Å². The lowest BCUT2D eigenvalue weighted by molar-refractivity contribution is -0.168. The number of carbonyl (C=O) groups excluding carboxylic acids is 3. The Morgan fingerprint density at radius 2 is 1.94 bits per heavy atom. The third kappa shape index (κ3) is 2.76. The van der Waals surface area contributed by atoms with Crippen LogP contribution in [-0.2, 0) is 28.6 Å². The van der Waals surface area contributed by atoms with Crippen molar-refractivity contribution >= 4 is 17.7 Å². The van der Waals surface area contributed by atoms with Crippen LogP contribution in [0, 0.1) is 28.1 Å². The Labute approximate surface area is 199 Å². The number of carbonyl (C=O) groups is 3. The number of ether oxygens (including phenoxy) is 3. The molecule has 3 heterocycles. The largest absolute Gasteiger partial charge is 0.472 e. The lowest BCUT2D eigenvalue weighted by Gasteiger charge is -2.56. The molecule has 7 atom stereocenters. The number of furan rings is 1. The first-order chi connectivity index (χ1) is 15.9. The Morgan fingerprint density at radius 3 is 2.59 bits per heavy atom. The summed E-state index contributed by atoms with van der Waals surface area (Å²) >= 11 is 0. The minimum Gasteiger partial charge on any atom is -0.472 e. The number of methoxy groups -OCH3 is 1. The zero-order valence-electron chi connectivity index (χ0n) is 20.4. The Bertz CT molecular complexity index is 1100. The lowest BCUT2D eigenvalue weighted by atomic mass is 9.47. The smallest absolute Gasteiger partial charge is 0.339 e. The summed E-state index contributed by atoms with van der Waals surface area (Å²) in [6, 6.07) is 1.82. The van der Waals surface area contributed by atoms with Gasteiger partial charge in [0.05, 0.1) is 26.1 Å². The van der Waals surface area contributed by atoms with Gasteiger partial charge in [-0.1, -0.05) is 40.3 Å². The van der Waals surface area contributed by atoms with Crippen LogP contribution in [0.3, 0.4) is 0 Å². The van der Waals surface area contributed by atoms with Crippen molar-refractivity contribution in [2.45, 2.75) is 64.8 Å². The molecule has 1 aromatic heterocycles. The van der Waals surface area contributed by atoms with Gasteiger partial charge in [0.2, 0.25) is 0 Å². The van der Waals surface area contributed by atoms with Gasteiger partial charge in [-0.25, -0.2) is 4.79 Å². The molecule has 0 amide bonds. The fourth-order valence-corrected chi connectivity index (χ4v) is 7.27. The van der Waals surface area contributed by atoms with Gasteiger partial charge in [-0.3, -0.25) is 9.59 Å². The number of esters is 2. The monoisotopic (exact) mass is 468 g/mol.